The van der Waals surface area contributed by atoms with Crippen molar-refractivity contribution in [2.75, 3.05) is 18.1 Å². The van der Waals surface area contributed by atoms with E-state index in [1.165, 1.54) is 17.1 Å². The number of amides is 1. The zero-order valence-corrected chi connectivity index (χ0v) is 16.6. The van der Waals surface area contributed by atoms with Crippen LogP contribution < -0.4 is 10.2 Å². The third kappa shape index (κ3) is 5.52. The molecule has 0 aromatic heterocycles. The van der Waals surface area contributed by atoms with Gasteiger partial charge in [0.15, 0.2) is 6.61 Å². The van der Waals surface area contributed by atoms with Crippen molar-refractivity contribution in [1.29, 1.82) is 0 Å². The summed E-state index contributed by atoms with van der Waals surface area (Å²) in [7, 11) is 0. The van der Waals surface area contributed by atoms with E-state index in [4.69, 9.17) is 4.74 Å². The first-order valence-electron chi connectivity index (χ1n) is 7.75. The monoisotopic (exact) mass is 436 g/mol. The minimum atomic E-state index is -0.297. The second-order valence-electron chi connectivity index (χ2n) is 5.25. The molecule has 1 amide bonds. The number of ether oxygens (including phenoxy) is 1. The van der Waals surface area contributed by atoms with Gasteiger partial charge in [-0.2, -0.15) is 5.10 Å². The Kier molecular flexibility index (Phi) is 6.84. The smallest absolute Gasteiger partial charge is 0.277 e. The fourth-order valence-electron chi connectivity index (χ4n) is 2.21. The van der Waals surface area contributed by atoms with Crippen LogP contribution in [-0.4, -0.2) is 30.2 Å². The maximum Gasteiger partial charge on any atom is 0.277 e. The standard InChI is InChI=1S/C18H17BrN2O2S2/c19-16-4-2-1-3-14(16)11-20-21-17(22)12-23-15-7-5-13(6-8-15)18-24-9-10-25-18/h1-8,11,18H,9-10,12H2,(H,21,22)/b20-11-. The van der Waals surface area contributed by atoms with E-state index in [-0.39, 0.29) is 12.5 Å². The Balaban J connectivity index is 1.45. The molecule has 0 atom stereocenters. The molecule has 1 fully saturated rings. The summed E-state index contributed by atoms with van der Waals surface area (Å²) in [6, 6.07) is 15.6. The molecule has 4 nitrogen and oxygen atoms in total. The molecule has 0 radical (unpaired) electrons. The van der Waals surface area contributed by atoms with E-state index in [0.717, 1.165) is 10.0 Å². The maximum absolute atomic E-state index is 11.8. The molecule has 2 aromatic carbocycles. The Hall–Kier alpha value is -1.44. The molecule has 7 heteroatoms. The molecule has 0 saturated carbocycles. The first-order chi connectivity index (χ1) is 12.2. The highest BCUT2D eigenvalue weighted by atomic mass is 79.9. The molecule has 1 saturated heterocycles. The van der Waals surface area contributed by atoms with Crippen LogP contribution >= 0.6 is 39.5 Å². The Morgan fingerprint density at radius 3 is 2.64 bits per heavy atom. The first kappa shape index (κ1) is 18.4. The van der Waals surface area contributed by atoms with Crippen molar-refractivity contribution in [1.82, 2.24) is 5.43 Å². The summed E-state index contributed by atoms with van der Waals surface area (Å²) >= 11 is 7.36. The highest BCUT2D eigenvalue weighted by molar-refractivity contribution is 9.10. The topological polar surface area (TPSA) is 50.7 Å². The summed E-state index contributed by atoms with van der Waals surface area (Å²) in [6.07, 6.45) is 1.59. The number of carbonyl (C=O) groups is 1. The van der Waals surface area contributed by atoms with Gasteiger partial charge in [-0.3, -0.25) is 4.79 Å². The van der Waals surface area contributed by atoms with Crippen LogP contribution in [0.1, 0.15) is 15.7 Å². The van der Waals surface area contributed by atoms with Crippen molar-refractivity contribution < 1.29 is 9.53 Å². The highest BCUT2D eigenvalue weighted by Gasteiger charge is 2.17. The molecule has 1 aliphatic rings. The average molecular weight is 437 g/mol. The molecular weight excluding hydrogens is 420 g/mol. The van der Waals surface area contributed by atoms with Crippen molar-refractivity contribution >= 4 is 51.6 Å². The lowest BCUT2D eigenvalue weighted by Gasteiger charge is -2.10. The molecule has 1 N–H and O–H groups in total. The molecule has 0 aliphatic carbocycles. The van der Waals surface area contributed by atoms with E-state index < -0.39 is 0 Å². The Morgan fingerprint density at radius 2 is 1.92 bits per heavy atom. The van der Waals surface area contributed by atoms with Gasteiger partial charge >= 0.3 is 0 Å². The number of hydrogen-bond donors (Lipinski definition) is 1. The molecule has 25 heavy (non-hydrogen) atoms. The van der Waals surface area contributed by atoms with Crippen molar-refractivity contribution in [2.24, 2.45) is 5.10 Å². The van der Waals surface area contributed by atoms with Gasteiger partial charge in [0.1, 0.15) is 5.75 Å². The number of halogens is 1. The quantitative estimate of drug-likeness (QED) is 0.536. The SMILES string of the molecule is O=C(COc1ccc(C2SCCS2)cc1)N/N=C\c1ccccc1Br. The number of carbonyl (C=O) groups excluding carboxylic acids is 1. The Bertz CT molecular complexity index is 747. The average Bonchev–Trinajstić information content (AvgIpc) is 3.17. The van der Waals surface area contributed by atoms with Gasteiger partial charge in [-0.15, -0.1) is 23.5 Å². The predicted octanol–water partition coefficient (Wildman–Crippen LogP) is 4.46. The second-order valence-corrected chi connectivity index (χ2v) is 8.82. The number of benzene rings is 2. The van der Waals surface area contributed by atoms with E-state index in [1.54, 1.807) is 6.21 Å². The van der Waals surface area contributed by atoms with Gasteiger partial charge < -0.3 is 4.74 Å². The van der Waals surface area contributed by atoms with E-state index in [0.29, 0.717) is 10.3 Å². The third-order valence-corrected chi connectivity index (χ3v) is 7.27. The fourth-order valence-corrected chi connectivity index (χ4v) is 5.45. The highest BCUT2D eigenvalue weighted by Crippen LogP contribution is 2.45. The van der Waals surface area contributed by atoms with Crippen molar-refractivity contribution in [3.63, 3.8) is 0 Å². The summed E-state index contributed by atoms with van der Waals surface area (Å²) in [4.78, 5) is 11.8. The summed E-state index contributed by atoms with van der Waals surface area (Å²) in [6.45, 7) is -0.0699. The maximum atomic E-state index is 11.8. The van der Waals surface area contributed by atoms with Crippen molar-refractivity contribution in [3.8, 4) is 5.75 Å². The van der Waals surface area contributed by atoms with Gasteiger partial charge in [-0.05, 0) is 23.8 Å². The summed E-state index contributed by atoms with van der Waals surface area (Å²) in [5, 5.41) is 3.94. The van der Waals surface area contributed by atoms with Crippen LogP contribution in [0, 0.1) is 0 Å². The number of hydrogen-bond acceptors (Lipinski definition) is 5. The number of nitrogens with zero attached hydrogens (tertiary/aromatic N) is 1. The van der Waals surface area contributed by atoms with Crippen LogP contribution in [0.25, 0.3) is 0 Å². The molecular formula is C18H17BrN2O2S2. The number of rotatable bonds is 6. The van der Waals surface area contributed by atoms with Gasteiger partial charge in [0.05, 0.1) is 10.8 Å². The summed E-state index contributed by atoms with van der Waals surface area (Å²) in [5.41, 5.74) is 4.65. The van der Waals surface area contributed by atoms with E-state index in [2.05, 4.69) is 38.6 Å². The zero-order valence-electron chi connectivity index (χ0n) is 13.4. The Morgan fingerprint density at radius 1 is 1.20 bits per heavy atom. The van der Waals surface area contributed by atoms with Gasteiger partial charge in [0, 0.05) is 21.5 Å². The summed E-state index contributed by atoms with van der Waals surface area (Å²) in [5.74, 6) is 2.79. The lowest BCUT2D eigenvalue weighted by molar-refractivity contribution is -0.123. The fraction of sp³-hybridized carbons (Fsp3) is 0.222. The minimum absolute atomic E-state index is 0.0699. The molecule has 130 valence electrons. The van der Waals surface area contributed by atoms with Crippen LogP contribution in [0.4, 0.5) is 0 Å². The van der Waals surface area contributed by atoms with Crippen LogP contribution in [0.5, 0.6) is 5.75 Å². The van der Waals surface area contributed by atoms with Gasteiger partial charge in [0.2, 0.25) is 0 Å². The lowest BCUT2D eigenvalue weighted by Crippen LogP contribution is -2.24. The summed E-state index contributed by atoms with van der Waals surface area (Å²) < 4.78 is 6.94. The van der Waals surface area contributed by atoms with Gasteiger partial charge in [-0.1, -0.05) is 46.3 Å². The normalized spacial score (nSPS) is 14.8. The third-order valence-electron chi connectivity index (χ3n) is 3.44. The van der Waals surface area contributed by atoms with Crippen LogP contribution in [0.2, 0.25) is 0 Å². The minimum Gasteiger partial charge on any atom is -0.484 e. The molecule has 0 spiro atoms. The number of thioether (sulfide) groups is 2. The molecule has 3 rings (SSSR count). The predicted molar refractivity (Wildman–Crippen MR) is 109 cm³/mol. The zero-order chi connectivity index (χ0) is 17.5. The van der Waals surface area contributed by atoms with E-state index >= 15 is 0 Å². The molecule has 0 bridgehead atoms. The Labute approximate surface area is 163 Å². The van der Waals surface area contributed by atoms with Crippen LogP contribution in [0.15, 0.2) is 58.1 Å². The van der Waals surface area contributed by atoms with Crippen molar-refractivity contribution in [2.45, 2.75) is 4.58 Å². The molecule has 2 aromatic rings. The molecule has 1 heterocycles. The van der Waals surface area contributed by atoms with E-state index in [9.17, 15) is 4.79 Å². The molecule has 1 aliphatic heterocycles. The first-order valence-corrected chi connectivity index (χ1v) is 10.6. The lowest BCUT2D eigenvalue weighted by atomic mass is 10.2. The molecule has 0 unspecified atom stereocenters. The number of nitrogens with one attached hydrogen (secondary N) is 1. The van der Waals surface area contributed by atoms with Crippen LogP contribution in [0.3, 0.4) is 0 Å². The van der Waals surface area contributed by atoms with Gasteiger partial charge in [-0.25, -0.2) is 5.43 Å². The number of hydrazone groups is 1. The second kappa shape index (κ2) is 9.31. The van der Waals surface area contributed by atoms with Crippen LogP contribution in [-0.2, 0) is 4.79 Å². The largest absolute Gasteiger partial charge is 0.484 e. The van der Waals surface area contributed by atoms with Gasteiger partial charge in [0.25, 0.3) is 5.91 Å². The van der Waals surface area contributed by atoms with E-state index in [1.807, 2.05) is 59.9 Å². The van der Waals surface area contributed by atoms with Crippen molar-refractivity contribution in [3.05, 3.63) is 64.1 Å².